The number of methoxy groups -OCH3 is 1. The van der Waals surface area contributed by atoms with Crippen LogP contribution in [0.2, 0.25) is 0 Å². The predicted octanol–water partition coefficient (Wildman–Crippen LogP) is 3.58. The summed E-state index contributed by atoms with van der Waals surface area (Å²) in [5, 5.41) is 14.0. The second kappa shape index (κ2) is 6.71. The Hall–Kier alpha value is -2.60. The second-order valence-corrected chi connectivity index (χ2v) is 4.34. The van der Waals surface area contributed by atoms with E-state index in [-0.39, 0.29) is 11.4 Å². The van der Waals surface area contributed by atoms with Crippen molar-refractivity contribution in [2.24, 2.45) is 0 Å². The molecule has 0 amide bonds. The molecule has 21 heavy (non-hydrogen) atoms. The normalized spacial score (nSPS) is 10.2. The van der Waals surface area contributed by atoms with Gasteiger partial charge in [0.05, 0.1) is 11.5 Å². The minimum atomic E-state index is -0.458. The summed E-state index contributed by atoms with van der Waals surface area (Å²) >= 11 is 0. The van der Waals surface area contributed by atoms with E-state index in [2.05, 4.69) is 5.32 Å². The van der Waals surface area contributed by atoms with E-state index in [0.29, 0.717) is 18.0 Å². The molecule has 0 fully saturated rings. The Morgan fingerprint density at radius 2 is 2.00 bits per heavy atom. The van der Waals surface area contributed by atoms with Gasteiger partial charge in [-0.3, -0.25) is 10.1 Å². The van der Waals surface area contributed by atoms with E-state index < -0.39 is 4.92 Å². The first-order valence-corrected chi connectivity index (χ1v) is 6.36. The van der Waals surface area contributed by atoms with Crippen LogP contribution in [0, 0.1) is 10.1 Å². The highest BCUT2D eigenvalue weighted by molar-refractivity contribution is 5.68. The molecular weight excluding hydrogens is 272 g/mol. The second-order valence-electron chi connectivity index (χ2n) is 4.34. The van der Waals surface area contributed by atoms with Gasteiger partial charge in [-0.1, -0.05) is 18.2 Å². The Morgan fingerprint density at radius 3 is 2.67 bits per heavy atom. The van der Waals surface area contributed by atoms with Crippen LogP contribution in [0.3, 0.4) is 0 Å². The van der Waals surface area contributed by atoms with Gasteiger partial charge in [-0.25, -0.2) is 0 Å². The first-order chi connectivity index (χ1) is 10.2. The van der Waals surface area contributed by atoms with Crippen molar-refractivity contribution in [1.82, 2.24) is 0 Å². The van der Waals surface area contributed by atoms with Crippen LogP contribution in [-0.4, -0.2) is 19.1 Å². The Kier molecular flexibility index (Phi) is 4.73. The highest BCUT2D eigenvalue weighted by Gasteiger charge is 2.20. The van der Waals surface area contributed by atoms with Crippen LogP contribution < -0.4 is 10.1 Å². The molecule has 0 radical (unpaired) electrons. The first kappa shape index (κ1) is 14.8. The summed E-state index contributed by atoms with van der Waals surface area (Å²) in [6, 6.07) is 12.2. The quantitative estimate of drug-likeness (QED) is 0.649. The Labute approximate surface area is 122 Å². The van der Waals surface area contributed by atoms with Crippen LogP contribution in [0.25, 0.3) is 0 Å². The Bertz CT molecular complexity index is 643. The molecule has 0 atom stereocenters. The summed E-state index contributed by atoms with van der Waals surface area (Å²) in [5.41, 5.74) is 1.25. The van der Waals surface area contributed by atoms with Crippen molar-refractivity contribution in [3.63, 3.8) is 0 Å². The summed E-state index contributed by atoms with van der Waals surface area (Å²) in [5.74, 6) is 0.724. The third-order valence-electron chi connectivity index (χ3n) is 2.89. The molecule has 1 N–H and O–H groups in total. The number of hydrogen-bond acceptors (Lipinski definition) is 5. The lowest BCUT2D eigenvalue weighted by atomic mass is 10.2. The van der Waals surface area contributed by atoms with Gasteiger partial charge in [0.25, 0.3) is 0 Å². The third-order valence-corrected chi connectivity index (χ3v) is 2.89. The average Bonchev–Trinajstić information content (AvgIpc) is 2.47. The number of nitrogens with zero attached hydrogens (tertiary/aromatic N) is 1. The topological polar surface area (TPSA) is 73.6 Å². The van der Waals surface area contributed by atoms with Crippen LogP contribution in [0.4, 0.5) is 11.4 Å². The number of benzene rings is 2. The average molecular weight is 288 g/mol. The number of nitro benzene ring substituents is 1. The number of ether oxygens (including phenoxy) is 2. The van der Waals surface area contributed by atoms with Crippen molar-refractivity contribution < 1.29 is 14.4 Å². The fourth-order valence-electron chi connectivity index (χ4n) is 1.99. The zero-order chi connectivity index (χ0) is 15.2. The van der Waals surface area contributed by atoms with Crippen molar-refractivity contribution in [3.8, 4) is 11.5 Å². The lowest BCUT2D eigenvalue weighted by molar-refractivity contribution is -0.384. The molecular formula is C15H16N2O4. The van der Waals surface area contributed by atoms with Crippen LogP contribution >= 0.6 is 0 Å². The predicted molar refractivity (Wildman–Crippen MR) is 79.9 cm³/mol. The molecule has 0 aliphatic carbocycles. The zero-order valence-corrected chi connectivity index (χ0v) is 11.8. The van der Waals surface area contributed by atoms with Crippen LogP contribution in [-0.2, 0) is 11.3 Å². The molecule has 2 aromatic rings. The molecule has 0 spiro atoms. The van der Waals surface area contributed by atoms with E-state index in [4.69, 9.17) is 9.47 Å². The number of nitro groups is 1. The van der Waals surface area contributed by atoms with E-state index >= 15 is 0 Å². The van der Waals surface area contributed by atoms with E-state index in [1.54, 1.807) is 44.5 Å². The van der Waals surface area contributed by atoms with Gasteiger partial charge in [-0.15, -0.1) is 0 Å². The summed E-state index contributed by atoms with van der Waals surface area (Å²) in [4.78, 5) is 10.8. The van der Waals surface area contributed by atoms with Gasteiger partial charge >= 0.3 is 5.69 Å². The maximum absolute atomic E-state index is 11.2. The van der Waals surface area contributed by atoms with Crippen LogP contribution in [0.5, 0.6) is 11.5 Å². The molecule has 0 saturated heterocycles. The van der Waals surface area contributed by atoms with Gasteiger partial charge in [-0.05, 0) is 29.8 Å². The van der Waals surface area contributed by atoms with Crippen molar-refractivity contribution >= 4 is 11.4 Å². The largest absolute Gasteiger partial charge is 0.450 e. The monoisotopic (exact) mass is 288 g/mol. The van der Waals surface area contributed by atoms with Crippen LogP contribution in [0.1, 0.15) is 5.56 Å². The van der Waals surface area contributed by atoms with Gasteiger partial charge in [0.15, 0.2) is 0 Å². The zero-order valence-electron chi connectivity index (χ0n) is 11.8. The van der Waals surface area contributed by atoms with Gasteiger partial charge in [0.2, 0.25) is 5.75 Å². The summed E-state index contributed by atoms with van der Waals surface area (Å²) < 4.78 is 10.7. The molecule has 0 saturated carbocycles. The minimum Gasteiger partial charge on any atom is -0.450 e. The fourth-order valence-corrected chi connectivity index (χ4v) is 1.99. The molecule has 0 aromatic heterocycles. The number of nitrogens with one attached hydrogen (secondary N) is 1. The minimum absolute atomic E-state index is 0.0860. The van der Waals surface area contributed by atoms with E-state index in [0.717, 1.165) is 5.56 Å². The molecule has 6 heteroatoms. The third kappa shape index (κ3) is 3.49. The molecule has 110 valence electrons. The standard InChI is InChI=1S/C15H16N2O4/c1-16-13-7-4-8-14(15(13)17(18)19)21-12-6-3-5-11(9-12)10-20-2/h3-9,16H,10H2,1-2H3. The lowest BCUT2D eigenvalue weighted by Gasteiger charge is -2.10. The van der Waals surface area contributed by atoms with Crippen LogP contribution in [0.15, 0.2) is 42.5 Å². The number of hydrogen-bond donors (Lipinski definition) is 1. The smallest absolute Gasteiger partial charge is 0.334 e. The Balaban J connectivity index is 2.35. The summed E-state index contributed by atoms with van der Waals surface area (Å²) in [6.07, 6.45) is 0. The maximum Gasteiger partial charge on any atom is 0.334 e. The molecule has 2 aromatic carbocycles. The number of para-hydroxylation sites is 1. The van der Waals surface area contributed by atoms with E-state index in [9.17, 15) is 10.1 Å². The van der Waals surface area contributed by atoms with E-state index in [1.807, 2.05) is 12.1 Å². The van der Waals surface area contributed by atoms with Gasteiger partial charge in [-0.2, -0.15) is 0 Å². The lowest BCUT2D eigenvalue weighted by Crippen LogP contribution is -1.99. The fraction of sp³-hybridized carbons (Fsp3) is 0.200. The molecule has 0 aliphatic rings. The van der Waals surface area contributed by atoms with Crippen molar-refractivity contribution in [2.75, 3.05) is 19.5 Å². The molecule has 2 rings (SSSR count). The summed E-state index contributed by atoms with van der Waals surface area (Å²) in [7, 11) is 3.24. The van der Waals surface area contributed by atoms with Crippen molar-refractivity contribution in [3.05, 3.63) is 58.1 Å². The van der Waals surface area contributed by atoms with Crippen molar-refractivity contribution in [1.29, 1.82) is 0 Å². The van der Waals surface area contributed by atoms with Gasteiger partial charge < -0.3 is 14.8 Å². The Morgan fingerprint density at radius 1 is 1.24 bits per heavy atom. The maximum atomic E-state index is 11.2. The molecule has 6 nitrogen and oxygen atoms in total. The molecule has 0 aliphatic heterocycles. The van der Waals surface area contributed by atoms with Gasteiger partial charge in [0, 0.05) is 14.2 Å². The SMILES string of the molecule is CNc1cccc(Oc2cccc(COC)c2)c1[N+](=O)[O-]. The summed E-state index contributed by atoms with van der Waals surface area (Å²) in [6.45, 7) is 0.454. The van der Waals surface area contributed by atoms with Gasteiger partial charge in [0.1, 0.15) is 11.4 Å². The number of anilines is 1. The van der Waals surface area contributed by atoms with E-state index in [1.165, 1.54) is 0 Å². The number of rotatable bonds is 6. The highest BCUT2D eigenvalue weighted by Crippen LogP contribution is 2.37. The molecule has 0 bridgehead atoms. The van der Waals surface area contributed by atoms with Crippen molar-refractivity contribution in [2.45, 2.75) is 6.61 Å². The first-order valence-electron chi connectivity index (χ1n) is 6.36. The molecule has 0 unspecified atom stereocenters. The molecule has 0 heterocycles. The highest BCUT2D eigenvalue weighted by atomic mass is 16.6.